The van der Waals surface area contributed by atoms with Crippen molar-refractivity contribution in [2.75, 3.05) is 19.6 Å². The molecule has 21 heavy (non-hydrogen) atoms. The van der Waals surface area contributed by atoms with Crippen molar-refractivity contribution >= 4 is 16.9 Å². The van der Waals surface area contributed by atoms with Gasteiger partial charge in [-0.25, -0.2) is 0 Å². The molecule has 0 amide bonds. The zero-order chi connectivity index (χ0) is 15.2. The third-order valence-electron chi connectivity index (χ3n) is 3.85. The number of ether oxygens (including phenoxy) is 1. The average Bonchev–Trinajstić information content (AvgIpc) is 2.92. The van der Waals surface area contributed by atoms with Gasteiger partial charge in [-0.05, 0) is 37.2 Å². The molecule has 2 aromatic rings. The van der Waals surface area contributed by atoms with Crippen LogP contribution < -0.4 is 4.74 Å². The van der Waals surface area contributed by atoms with E-state index < -0.39 is 0 Å². The highest BCUT2D eigenvalue weighted by atomic mass is 16.5. The predicted molar refractivity (Wildman–Crippen MR) is 85.7 cm³/mol. The molecule has 0 saturated carbocycles. The highest BCUT2D eigenvalue weighted by Crippen LogP contribution is 2.29. The summed E-state index contributed by atoms with van der Waals surface area (Å²) in [5.74, 6) is 0.466. The lowest BCUT2D eigenvalue weighted by Gasteiger charge is -2.17. The minimum absolute atomic E-state index is 0.196. The number of carbonyl (C=O) groups excluding carboxylic acids is 1. The van der Waals surface area contributed by atoms with Crippen molar-refractivity contribution in [3.05, 3.63) is 30.0 Å². The first kappa shape index (κ1) is 15.6. The van der Waals surface area contributed by atoms with Gasteiger partial charge >= 0.3 is 5.97 Å². The Morgan fingerprint density at radius 1 is 1.24 bits per heavy atom. The summed E-state index contributed by atoms with van der Waals surface area (Å²) in [6.07, 6.45) is 3.36. The Hall–Kier alpha value is -1.81. The third-order valence-corrected chi connectivity index (χ3v) is 3.85. The standard InChI is InChI=1S/C17H24N2O2/c1-4-16(20)21-15-9-7-8-14-17(15)13(12-18-14)10-11-19(5-2)6-3/h7-9,12,18H,4-6,10-11H2,1-3H3. The monoisotopic (exact) mass is 288 g/mol. The summed E-state index contributed by atoms with van der Waals surface area (Å²) in [6, 6.07) is 5.79. The normalized spacial score (nSPS) is 11.2. The fourth-order valence-electron chi connectivity index (χ4n) is 2.52. The molecule has 1 heterocycles. The minimum atomic E-state index is -0.196. The molecule has 0 fully saturated rings. The van der Waals surface area contributed by atoms with Crippen LogP contribution in [0.2, 0.25) is 0 Å². The molecule has 1 N–H and O–H groups in total. The van der Waals surface area contributed by atoms with Crippen LogP contribution in [0.25, 0.3) is 10.9 Å². The minimum Gasteiger partial charge on any atom is -0.426 e. The van der Waals surface area contributed by atoms with Gasteiger partial charge in [0, 0.05) is 30.1 Å². The number of benzene rings is 1. The van der Waals surface area contributed by atoms with Crippen molar-refractivity contribution in [1.29, 1.82) is 0 Å². The maximum atomic E-state index is 11.6. The molecule has 0 aliphatic heterocycles. The van der Waals surface area contributed by atoms with Gasteiger partial charge in [-0.1, -0.05) is 26.8 Å². The van der Waals surface area contributed by atoms with Gasteiger partial charge in [0.15, 0.2) is 0 Å². The van der Waals surface area contributed by atoms with Crippen LogP contribution in [-0.2, 0) is 11.2 Å². The first-order valence-electron chi connectivity index (χ1n) is 7.71. The number of nitrogens with one attached hydrogen (secondary N) is 1. The van der Waals surface area contributed by atoms with E-state index in [0.717, 1.165) is 37.0 Å². The maximum absolute atomic E-state index is 11.6. The van der Waals surface area contributed by atoms with E-state index in [0.29, 0.717) is 12.2 Å². The quantitative estimate of drug-likeness (QED) is 0.627. The second-order valence-electron chi connectivity index (χ2n) is 5.10. The molecule has 0 unspecified atom stereocenters. The molecule has 0 atom stereocenters. The second kappa shape index (κ2) is 7.27. The third kappa shape index (κ3) is 3.64. The van der Waals surface area contributed by atoms with Crippen LogP contribution >= 0.6 is 0 Å². The Bertz CT molecular complexity index is 600. The molecule has 0 aliphatic rings. The number of rotatable bonds is 7. The first-order valence-corrected chi connectivity index (χ1v) is 7.71. The molecule has 0 spiro atoms. The number of H-pyrrole nitrogens is 1. The van der Waals surface area contributed by atoms with E-state index in [1.54, 1.807) is 6.92 Å². The number of nitrogens with zero attached hydrogens (tertiary/aromatic N) is 1. The summed E-state index contributed by atoms with van der Waals surface area (Å²) in [6.45, 7) is 9.27. The Morgan fingerprint density at radius 3 is 2.67 bits per heavy atom. The molecular formula is C17H24N2O2. The summed E-state index contributed by atoms with van der Waals surface area (Å²) in [7, 11) is 0. The Kier molecular flexibility index (Phi) is 5.39. The van der Waals surface area contributed by atoms with Gasteiger partial charge in [0.1, 0.15) is 5.75 Å². The number of aromatic amines is 1. The van der Waals surface area contributed by atoms with Gasteiger partial charge in [-0.15, -0.1) is 0 Å². The summed E-state index contributed by atoms with van der Waals surface area (Å²) >= 11 is 0. The zero-order valence-electron chi connectivity index (χ0n) is 13.1. The maximum Gasteiger partial charge on any atom is 0.310 e. The predicted octanol–water partition coefficient (Wildman–Crippen LogP) is 3.37. The number of fused-ring (bicyclic) bond motifs is 1. The van der Waals surface area contributed by atoms with Crippen LogP contribution in [0.5, 0.6) is 5.75 Å². The Morgan fingerprint density at radius 2 is 2.00 bits per heavy atom. The lowest BCUT2D eigenvalue weighted by molar-refractivity contribution is -0.133. The summed E-state index contributed by atoms with van der Waals surface area (Å²) in [5, 5.41) is 1.03. The van der Waals surface area contributed by atoms with Crippen LogP contribution in [0.4, 0.5) is 0 Å². The van der Waals surface area contributed by atoms with Crippen molar-refractivity contribution in [1.82, 2.24) is 9.88 Å². The van der Waals surface area contributed by atoms with Gasteiger partial charge < -0.3 is 14.6 Å². The summed E-state index contributed by atoms with van der Waals surface area (Å²) < 4.78 is 5.46. The lowest BCUT2D eigenvalue weighted by Crippen LogP contribution is -2.25. The van der Waals surface area contributed by atoms with Crippen molar-refractivity contribution < 1.29 is 9.53 Å². The molecule has 4 nitrogen and oxygen atoms in total. The fourth-order valence-corrected chi connectivity index (χ4v) is 2.52. The first-order chi connectivity index (χ1) is 10.2. The van der Waals surface area contributed by atoms with Crippen LogP contribution in [0.15, 0.2) is 24.4 Å². The van der Waals surface area contributed by atoms with Gasteiger partial charge in [0.05, 0.1) is 0 Å². The molecule has 0 saturated heterocycles. The molecule has 114 valence electrons. The lowest BCUT2D eigenvalue weighted by atomic mass is 10.1. The highest BCUT2D eigenvalue weighted by Gasteiger charge is 2.12. The largest absolute Gasteiger partial charge is 0.426 e. The summed E-state index contributed by atoms with van der Waals surface area (Å²) in [5.41, 5.74) is 2.22. The SMILES string of the molecule is CCC(=O)Oc1cccc2[nH]cc(CCN(CC)CC)c12. The fraction of sp³-hybridized carbons (Fsp3) is 0.471. The molecule has 1 aromatic heterocycles. The van der Waals surface area contributed by atoms with E-state index >= 15 is 0 Å². The van der Waals surface area contributed by atoms with E-state index in [2.05, 4.69) is 23.7 Å². The van der Waals surface area contributed by atoms with E-state index in [4.69, 9.17) is 4.74 Å². The molecule has 0 bridgehead atoms. The molecule has 2 rings (SSSR count). The average molecular weight is 288 g/mol. The number of hydrogen-bond acceptors (Lipinski definition) is 3. The van der Waals surface area contributed by atoms with Crippen molar-refractivity contribution in [3.63, 3.8) is 0 Å². The van der Waals surface area contributed by atoms with Gasteiger partial charge in [-0.3, -0.25) is 4.79 Å². The molecule has 4 heteroatoms. The number of aromatic nitrogens is 1. The van der Waals surface area contributed by atoms with Gasteiger partial charge in [0.25, 0.3) is 0 Å². The van der Waals surface area contributed by atoms with E-state index in [1.807, 2.05) is 24.4 Å². The molecular weight excluding hydrogens is 264 g/mol. The van der Waals surface area contributed by atoms with E-state index in [9.17, 15) is 4.79 Å². The smallest absolute Gasteiger partial charge is 0.310 e. The van der Waals surface area contributed by atoms with Gasteiger partial charge in [-0.2, -0.15) is 0 Å². The Labute approximate surface area is 126 Å². The highest BCUT2D eigenvalue weighted by molar-refractivity contribution is 5.91. The Balaban J connectivity index is 2.25. The van der Waals surface area contributed by atoms with Crippen LogP contribution in [0.1, 0.15) is 32.8 Å². The number of hydrogen-bond donors (Lipinski definition) is 1. The van der Waals surface area contributed by atoms with Crippen LogP contribution in [-0.4, -0.2) is 35.5 Å². The van der Waals surface area contributed by atoms with Crippen LogP contribution in [0, 0.1) is 0 Å². The van der Waals surface area contributed by atoms with Gasteiger partial charge in [0.2, 0.25) is 0 Å². The number of carbonyl (C=O) groups is 1. The van der Waals surface area contributed by atoms with Crippen molar-refractivity contribution in [2.24, 2.45) is 0 Å². The van der Waals surface area contributed by atoms with Crippen molar-refractivity contribution in [2.45, 2.75) is 33.6 Å². The molecule has 1 aromatic carbocycles. The van der Waals surface area contributed by atoms with E-state index in [-0.39, 0.29) is 5.97 Å². The van der Waals surface area contributed by atoms with Crippen LogP contribution in [0.3, 0.4) is 0 Å². The van der Waals surface area contributed by atoms with E-state index in [1.165, 1.54) is 5.56 Å². The summed E-state index contributed by atoms with van der Waals surface area (Å²) in [4.78, 5) is 17.2. The van der Waals surface area contributed by atoms with Crippen molar-refractivity contribution in [3.8, 4) is 5.75 Å². The second-order valence-corrected chi connectivity index (χ2v) is 5.10. The zero-order valence-corrected chi connectivity index (χ0v) is 13.1. The number of likely N-dealkylation sites (N-methyl/N-ethyl adjacent to an activating group) is 1. The topological polar surface area (TPSA) is 45.3 Å². The molecule has 0 radical (unpaired) electrons. The number of esters is 1. The molecule has 0 aliphatic carbocycles.